The van der Waals surface area contributed by atoms with Crippen molar-refractivity contribution in [3.63, 3.8) is 0 Å². The fourth-order valence-corrected chi connectivity index (χ4v) is 2.38. The first-order chi connectivity index (χ1) is 9.33. The third-order valence-electron chi connectivity index (χ3n) is 3.60. The molecule has 1 aliphatic rings. The molecule has 20 heavy (non-hydrogen) atoms. The summed E-state index contributed by atoms with van der Waals surface area (Å²) in [4.78, 5) is 4.53. The average molecular weight is 287 g/mol. The molecule has 0 bridgehead atoms. The number of alkyl halides is 3. The molecule has 1 aromatic carbocycles. The summed E-state index contributed by atoms with van der Waals surface area (Å²) in [6, 6.07) is 4.68. The molecule has 2 rings (SSSR count). The molecule has 0 aromatic heterocycles. The summed E-state index contributed by atoms with van der Waals surface area (Å²) < 4.78 is 37.0. The van der Waals surface area contributed by atoms with Gasteiger partial charge in [-0.2, -0.15) is 13.2 Å². The minimum atomic E-state index is -4.19. The summed E-state index contributed by atoms with van der Waals surface area (Å²) in [6.45, 7) is 4.63. The molecule has 112 valence electrons. The Bertz CT molecular complexity index is 451. The fraction of sp³-hybridized carbons (Fsp3) is 0.571. The molecule has 1 saturated heterocycles. The SMILES string of the molecule is CN1CCN(Cc2ccc(CC(F)(F)F)cc2N)CC1. The number of hydrogen-bond acceptors (Lipinski definition) is 3. The number of nitrogens with zero attached hydrogens (tertiary/aromatic N) is 2. The van der Waals surface area contributed by atoms with Crippen LogP contribution in [0.25, 0.3) is 0 Å². The molecule has 0 saturated carbocycles. The number of piperazine rings is 1. The predicted molar refractivity (Wildman–Crippen MR) is 73.4 cm³/mol. The van der Waals surface area contributed by atoms with Crippen LogP contribution in [0.1, 0.15) is 11.1 Å². The summed E-state index contributed by atoms with van der Waals surface area (Å²) >= 11 is 0. The highest BCUT2D eigenvalue weighted by Crippen LogP contribution is 2.24. The molecular weight excluding hydrogens is 267 g/mol. The van der Waals surface area contributed by atoms with E-state index in [0.29, 0.717) is 12.2 Å². The van der Waals surface area contributed by atoms with Crippen molar-refractivity contribution in [1.82, 2.24) is 9.80 Å². The quantitative estimate of drug-likeness (QED) is 0.864. The lowest BCUT2D eigenvalue weighted by atomic mass is 10.1. The van der Waals surface area contributed by atoms with Gasteiger partial charge >= 0.3 is 6.18 Å². The smallest absolute Gasteiger partial charge is 0.393 e. The topological polar surface area (TPSA) is 32.5 Å². The Morgan fingerprint density at radius 2 is 1.80 bits per heavy atom. The van der Waals surface area contributed by atoms with Crippen molar-refractivity contribution in [2.24, 2.45) is 0 Å². The molecule has 1 aromatic rings. The van der Waals surface area contributed by atoms with Gasteiger partial charge in [-0.1, -0.05) is 12.1 Å². The van der Waals surface area contributed by atoms with E-state index in [-0.39, 0.29) is 5.56 Å². The van der Waals surface area contributed by atoms with Crippen LogP contribution in [0.5, 0.6) is 0 Å². The molecule has 0 unspecified atom stereocenters. The van der Waals surface area contributed by atoms with Crippen LogP contribution < -0.4 is 5.73 Å². The molecule has 0 aliphatic carbocycles. The van der Waals surface area contributed by atoms with E-state index in [4.69, 9.17) is 5.73 Å². The van der Waals surface area contributed by atoms with Gasteiger partial charge in [0.1, 0.15) is 0 Å². The van der Waals surface area contributed by atoms with Crippen molar-refractivity contribution < 1.29 is 13.2 Å². The maximum absolute atomic E-state index is 12.3. The first-order valence-corrected chi connectivity index (χ1v) is 6.68. The highest BCUT2D eigenvalue weighted by molar-refractivity contribution is 5.49. The second-order valence-corrected chi connectivity index (χ2v) is 5.40. The van der Waals surface area contributed by atoms with Crippen molar-refractivity contribution in [2.45, 2.75) is 19.1 Å². The van der Waals surface area contributed by atoms with Gasteiger partial charge in [-0.05, 0) is 24.2 Å². The Morgan fingerprint density at radius 1 is 1.15 bits per heavy atom. The van der Waals surface area contributed by atoms with Crippen LogP contribution in [0.3, 0.4) is 0 Å². The number of nitrogens with two attached hydrogens (primary N) is 1. The van der Waals surface area contributed by atoms with E-state index in [1.807, 2.05) is 0 Å². The predicted octanol–water partition coefficient (Wildman–Crippen LogP) is 2.12. The van der Waals surface area contributed by atoms with Gasteiger partial charge in [-0.25, -0.2) is 0 Å². The third kappa shape index (κ3) is 4.38. The monoisotopic (exact) mass is 287 g/mol. The Kier molecular flexibility index (Phi) is 4.55. The second-order valence-electron chi connectivity index (χ2n) is 5.40. The molecule has 3 nitrogen and oxygen atoms in total. The molecule has 0 amide bonds. The van der Waals surface area contributed by atoms with Gasteiger partial charge in [0.05, 0.1) is 6.42 Å². The number of benzene rings is 1. The van der Waals surface area contributed by atoms with E-state index in [9.17, 15) is 13.2 Å². The molecule has 1 aliphatic heterocycles. The van der Waals surface area contributed by atoms with Gasteiger partial charge in [0, 0.05) is 38.4 Å². The normalized spacial score (nSPS) is 18.4. The van der Waals surface area contributed by atoms with Gasteiger partial charge in [0.25, 0.3) is 0 Å². The van der Waals surface area contributed by atoms with Crippen molar-refractivity contribution in [3.8, 4) is 0 Å². The van der Waals surface area contributed by atoms with Crippen molar-refractivity contribution >= 4 is 5.69 Å². The van der Waals surface area contributed by atoms with Crippen LogP contribution in [0.4, 0.5) is 18.9 Å². The minimum absolute atomic E-state index is 0.220. The Hall–Kier alpha value is -1.27. The zero-order valence-corrected chi connectivity index (χ0v) is 11.6. The zero-order valence-electron chi connectivity index (χ0n) is 11.6. The molecule has 1 heterocycles. The Balaban J connectivity index is 1.99. The lowest BCUT2D eigenvalue weighted by molar-refractivity contribution is -0.127. The van der Waals surface area contributed by atoms with E-state index in [1.165, 1.54) is 12.1 Å². The van der Waals surface area contributed by atoms with Crippen LogP contribution in [-0.2, 0) is 13.0 Å². The van der Waals surface area contributed by atoms with Gasteiger partial charge < -0.3 is 10.6 Å². The average Bonchev–Trinajstić information content (AvgIpc) is 2.33. The molecule has 1 fully saturated rings. The summed E-state index contributed by atoms with van der Waals surface area (Å²) in [5.41, 5.74) is 7.45. The van der Waals surface area contributed by atoms with Gasteiger partial charge in [-0.3, -0.25) is 4.90 Å². The maximum atomic E-state index is 12.3. The molecule has 6 heteroatoms. The third-order valence-corrected chi connectivity index (χ3v) is 3.60. The minimum Gasteiger partial charge on any atom is -0.398 e. The summed E-state index contributed by atoms with van der Waals surface area (Å²) in [5.74, 6) is 0. The first kappa shape index (κ1) is 15.1. The largest absolute Gasteiger partial charge is 0.398 e. The Labute approximate surface area is 117 Å². The Morgan fingerprint density at radius 3 is 2.35 bits per heavy atom. The van der Waals surface area contributed by atoms with Gasteiger partial charge in [0.2, 0.25) is 0 Å². The van der Waals surface area contributed by atoms with Crippen LogP contribution in [-0.4, -0.2) is 49.2 Å². The standard InChI is InChI=1S/C14H20F3N3/c1-19-4-6-20(7-5-19)10-12-3-2-11(8-13(12)18)9-14(15,16)17/h2-3,8H,4-7,9-10,18H2,1H3. The maximum Gasteiger partial charge on any atom is 0.393 e. The lowest BCUT2D eigenvalue weighted by Gasteiger charge is -2.32. The highest BCUT2D eigenvalue weighted by atomic mass is 19.4. The zero-order chi connectivity index (χ0) is 14.8. The molecular formula is C14H20F3N3. The number of likely N-dealkylation sites (N-methyl/N-ethyl adjacent to an activating group) is 1. The lowest BCUT2D eigenvalue weighted by Crippen LogP contribution is -2.43. The van der Waals surface area contributed by atoms with E-state index in [1.54, 1.807) is 6.07 Å². The number of nitrogen functional groups attached to an aromatic ring is 1. The number of rotatable bonds is 3. The summed E-state index contributed by atoms with van der Waals surface area (Å²) in [6.07, 6.45) is -5.11. The van der Waals surface area contributed by atoms with E-state index in [0.717, 1.165) is 31.7 Å². The van der Waals surface area contributed by atoms with E-state index >= 15 is 0 Å². The fourth-order valence-electron chi connectivity index (χ4n) is 2.38. The summed E-state index contributed by atoms with van der Waals surface area (Å²) in [7, 11) is 2.08. The van der Waals surface area contributed by atoms with E-state index in [2.05, 4.69) is 16.8 Å². The molecule has 0 spiro atoms. The van der Waals surface area contributed by atoms with E-state index < -0.39 is 12.6 Å². The molecule has 0 atom stereocenters. The van der Waals surface area contributed by atoms with Gasteiger partial charge in [-0.15, -0.1) is 0 Å². The van der Waals surface area contributed by atoms with Crippen molar-refractivity contribution in [1.29, 1.82) is 0 Å². The van der Waals surface area contributed by atoms with Crippen LogP contribution in [0, 0.1) is 0 Å². The first-order valence-electron chi connectivity index (χ1n) is 6.68. The molecule has 0 radical (unpaired) electrons. The number of halogens is 3. The van der Waals surface area contributed by atoms with Crippen LogP contribution in [0.2, 0.25) is 0 Å². The second kappa shape index (κ2) is 6.01. The highest BCUT2D eigenvalue weighted by Gasteiger charge is 2.27. The number of anilines is 1. The summed E-state index contributed by atoms with van der Waals surface area (Å²) in [5, 5.41) is 0. The van der Waals surface area contributed by atoms with Crippen molar-refractivity contribution in [2.75, 3.05) is 39.0 Å². The van der Waals surface area contributed by atoms with Crippen LogP contribution >= 0.6 is 0 Å². The van der Waals surface area contributed by atoms with Crippen LogP contribution in [0.15, 0.2) is 18.2 Å². The molecule has 2 N–H and O–H groups in total. The van der Waals surface area contributed by atoms with Crippen molar-refractivity contribution in [3.05, 3.63) is 29.3 Å². The van der Waals surface area contributed by atoms with Gasteiger partial charge in [0.15, 0.2) is 0 Å². The number of hydrogen-bond donors (Lipinski definition) is 1.